The Balaban J connectivity index is 2.41. The van der Waals surface area contributed by atoms with Crippen LogP contribution in [-0.2, 0) is 14.9 Å². The van der Waals surface area contributed by atoms with E-state index in [4.69, 9.17) is 9.88 Å². The number of nitrogens with zero attached hydrogens (tertiary/aromatic N) is 3. The van der Waals surface area contributed by atoms with E-state index in [2.05, 4.69) is 9.97 Å². The first-order valence-corrected chi connectivity index (χ1v) is 8.28. The molecular weight excluding hydrogens is 299 g/mol. The van der Waals surface area contributed by atoms with Gasteiger partial charge in [-0.3, -0.25) is 0 Å². The molecule has 1 aliphatic heterocycles. The molecule has 1 aliphatic rings. The van der Waals surface area contributed by atoms with Gasteiger partial charge in [0.15, 0.2) is 5.82 Å². The van der Waals surface area contributed by atoms with Gasteiger partial charge in [0.2, 0.25) is 0 Å². The van der Waals surface area contributed by atoms with Crippen LogP contribution < -0.4 is 9.03 Å². The third-order valence-corrected chi connectivity index (χ3v) is 4.94. The lowest BCUT2D eigenvalue weighted by molar-refractivity contribution is -0.0183. The molecule has 2 heterocycles. The van der Waals surface area contributed by atoms with E-state index in [-0.39, 0.29) is 31.2 Å². The summed E-state index contributed by atoms with van der Waals surface area (Å²) >= 11 is 0. The maximum Gasteiger partial charge on any atom is 0.375 e. The molecule has 2 atom stereocenters. The van der Waals surface area contributed by atoms with Crippen LogP contribution >= 0.6 is 0 Å². The van der Waals surface area contributed by atoms with E-state index >= 15 is 0 Å². The molecule has 7 nitrogen and oxygen atoms in total. The predicted octanol–water partition coefficient (Wildman–Crippen LogP) is 0.714. The number of aromatic nitrogens is 2. The van der Waals surface area contributed by atoms with Gasteiger partial charge in [-0.1, -0.05) is 0 Å². The van der Waals surface area contributed by atoms with Gasteiger partial charge in [-0.05, 0) is 20.3 Å². The van der Waals surface area contributed by atoms with E-state index in [1.165, 1.54) is 0 Å². The Kier molecular flexibility index (Phi) is 4.57. The molecule has 0 saturated carbocycles. The molecule has 0 spiro atoms. The highest BCUT2D eigenvalue weighted by Crippen LogP contribution is 2.29. The lowest BCUT2D eigenvalue weighted by Gasteiger charge is -2.38. The number of quaternary nitrogens is 1. The second-order valence-corrected chi connectivity index (χ2v) is 7.19. The van der Waals surface area contributed by atoms with Crippen LogP contribution in [0.5, 0.6) is 0 Å². The van der Waals surface area contributed by atoms with Crippen LogP contribution in [-0.4, -0.2) is 43.7 Å². The van der Waals surface area contributed by atoms with Crippen LogP contribution in [0.2, 0.25) is 0 Å². The first-order chi connectivity index (χ1) is 9.74. The first-order valence-electron chi connectivity index (χ1n) is 6.78. The van der Waals surface area contributed by atoms with Gasteiger partial charge >= 0.3 is 16.2 Å². The van der Waals surface area contributed by atoms with Gasteiger partial charge in [0.25, 0.3) is 0 Å². The largest absolute Gasteiger partial charge is 0.375 e. The maximum atomic E-state index is 13.0. The molecule has 21 heavy (non-hydrogen) atoms. The molecule has 1 saturated heterocycles. The minimum atomic E-state index is -4.01. The zero-order chi connectivity index (χ0) is 15.7. The monoisotopic (exact) mass is 319 g/mol. The zero-order valence-electron chi connectivity index (χ0n) is 12.1. The summed E-state index contributed by atoms with van der Waals surface area (Å²) in [7, 11) is -4.01. The van der Waals surface area contributed by atoms with Gasteiger partial charge < -0.3 is 4.74 Å². The summed E-state index contributed by atoms with van der Waals surface area (Å²) < 4.78 is 42.4. The molecule has 1 unspecified atom stereocenters. The minimum Gasteiger partial charge on any atom is -0.370 e. The number of halogens is 1. The van der Waals surface area contributed by atoms with Crippen molar-refractivity contribution in [1.29, 1.82) is 0 Å². The van der Waals surface area contributed by atoms with Gasteiger partial charge in [0, 0.05) is 6.42 Å². The Bertz CT molecular complexity index is 593. The fourth-order valence-corrected chi connectivity index (χ4v) is 3.70. The summed E-state index contributed by atoms with van der Waals surface area (Å²) in [5.41, 5.74) is 0. The quantitative estimate of drug-likeness (QED) is 0.825. The first kappa shape index (κ1) is 16.2. The van der Waals surface area contributed by atoms with Crippen molar-refractivity contribution in [2.45, 2.75) is 38.9 Å². The predicted molar refractivity (Wildman–Crippen MR) is 75.9 cm³/mol. The van der Waals surface area contributed by atoms with Crippen molar-refractivity contribution in [3.05, 3.63) is 18.2 Å². The van der Waals surface area contributed by atoms with Crippen LogP contribution in [0.1, 0.15) is 26.7 Å². The van der Waals surface area contributed by atoms with Crippen molar-refractivity contribution < 1.29 is 17.5 Å². The van der Waals surface area contributed by atoms with E-state index in [1.54, 1.807) is 0 Å². The molecule has 2 N–H and O–H groups in total. The standard InChI is InChI=1S/C12H20FN4O3S/c1-9(2)20-11-4-3-5-17(8-11,21(14,18)19)12-15-6-10(13)7-16-12/h6-7,9,11H,3-5,8H2,1-2H3,(H2,14,18,19)/q+1/t11-,17?/m1/s1. The van der Waals surface area contributed by atoms with Crippen molar-refractivity contribution in [3.8, 4) is 0 Å². The van der Waals surface area contributed by atoms with Crippen molar-refractivity contribution >= 4 is 16.2 Å². The molecule has 0 bridgehead atoms. The van der Waals surface area contributed by atoms with Crippen molar-refractivity contribution in [2.24, 2.45) is 5.14 Å². The van der Waals surface area contributed by atoms with Crippen LogP contribution in [0.25, 0.3) is 0 Å². The molecule has 0 aromatic carbocycles. The molecule has 2 rings (SSSR count). The highest BCUT2D eigenvalue weighted by molar-refractivity contribution is 7.88. The minimum absolute atomic E-state index is 0.0176. The summed E-state index contributed by atoms with van der Waals surface area (Å²) in [6.07, 6.45) is 2.96. The summed E-state index contributed by atoms with van der Waals surface area (Å²) in [4.78, 5) is 7.65. The Morgan fingerprint density at radius 1 is 1.43 bits per heavy atom. The highest BCUT2D eigenvalue weighted by atomic mass is 32.2. The van der Waals surface area contributed by atoms with Crippen LogP contribution in [0.3, 0.4) is 0 Å². The van der Waals surface area contributed by atoms with Gasteiger partial charge in [-0.25, -0.2) is 4.39 Å². The summed E-state index contributed by atoms with van der Waals surface area (Å²) in [6, 6.07) is 0. The van der Waals surface area contributed by atoms with E-state index in [0.717, 1.165) is 18.8 Å². The van der Waals surface area contributed by atoms with E-state index in [0.29, 0.717) is 6.42 Å². The van der Waals surface area contributed by atoms with E-state index in [1.807, 2.05) is 13.8 Å². The number of ether oxygens (including phenoxy) is 1. The molecule has 9 heteroatoms. The molecular formula is C12H20FN4O3S+. The molecule has 0 aliphatic carbocycles. The lowest BCUT2D eigenvalue weighted by Crippen LogP contribution is -2.64. The number of piperidine rings is 1. The third kappa shape index (κ3) is 3.37. The number of hydrogen-bond acceptors (Lipinski definition) is 5. The van der Waals surface area contributed by atoms with Crippen molar-refractivity contribution in [1.82, 2.24) is 13.9 Å². The van der Waals surface area contributed by atoms with Crippen LogP contribution in [0.4, 0.5) is 10.3 Å². The number of rotatable bonds is 4. The molecule has 118 valence electrons. The molecule has 1 aromatic heterocycles. The van der Waals surface area contributed by atoms with Crippen molar-refractivity contribution in [2.75, 3.05) is 13.1 Å². The van der Waals surface area contributed by atoms with Gasteiger partial charge in [-0.2, -0.15) is 23.5 Å². The lowest BCUT2D eigenvalue weighted by atomic mass is 10.1. The normalized spacial score (nSPS) is 27.0. The summed E-state index contributed by atoms with van der Waals surface area (Å²) in [5.74, 6) is -0.644. The third-order valence-electron chi connectivity index (χ3n) is 3.47. The summed E-state index contributed by atoms with van der Waals surface area (Å²) in [5, 5.41) is 5.42. The molecule has 1 aromatic rings. The van der Waals surface area contributed by atoms with E-state index < -0.39 is 19.9 Å². The molecule has 1 fully saturated rings. The average molecular weight is 319 g/mol. The highest BCUT2D eigenvalue weighted by Gasteiger charge is 2.49. The Labute approximate surface area is 123 Å². The van der Waals surface area contributed by atoms with Crippen LogP contribution in [0, 0.1) is 5.82 Å². The molecule has 0 radical (unpaired) electrons. The van der Waals surface area contributed by atoms with E-state index in [9.17, 15) is 12.8 Å². The maximum absolute atomic E-state index is 13.0. The second kappa shape index (κ2) is 5.91. The van der Waals surface area contributed by atoms with Crippen LogP contribution in [0.15, 0.2) is 12.4 Å². The smallest absolute Gasteiger partial charge is 0.370 e. The Morgan fingerprint density at radius 2 is 2.05 bits per heavy atom. The van der Waals surface area contributed by atoms with Gasteiger partial charge in [-0.15, -0.1) is 3.89 Å². The van der Waals surface area contributed by atoms with Gasteiger partial charge in [0.1, 0.15) is 19.2 Å². The van der Waals surface area contributed by atoms with Gasteiger partial charge in [0.05, 0.1) is 18.5 Å². The SMILES string of the molecule is CC(C)O[C@@H]1CCC[N+](c2ncc(F)cn2)(S(N)(=O)=O)C1. The zero-order valence-corrected chi connectivity index (χ0v) is 12.9. The Morgan fingerprint density at radius 3 is 2.57 bits per heavy atom. The second-order valence-electron chi connectivity index (χ2n) is 5.46. The average Bonchev–Trinajstić information content (AvgIpc) is 2.37. The summed E-state index contributed by atoms with van der Waals surface area (Å²) in [6.45, 7) is 4.15. The number of hydrogen-bond donors (Lipinski definition) is 1. The number of nitrogens with two attached hydrogens (primary N) is 1. The topological polar surface area (TPSA) is 95.2 Å². The fraction of sp³-hybridized carbons (Fsp3) is 0.667. The fourth-order valence-electron chi connectivity index (χ4n) is 2.62. The van der Waals surface area contributed by atoms with Crippen molar-refractivity contribution in [3.63, 3.8) is 0 Å². The Hall–Kier alpha value is -1.16. The molecule has 0 amide bonds.